The van der Waals surface area contributed by atoms with E-state index in [1.807, 2.05) is 18.2 Å². The van der Waals surface area contributed by atoms with E-state index < -0.39 is 0 Å². The molecule has 0 aliphatic carbocycles. The summed E-state index contributed by atoms with van der Waals surface area (Å²) in [6, 6.07) is 27.7. The SMILES string of the molecule is Cn1c(NCc2c3ccccc3cc3ccccc23)nc2ccccc21. The van der Waals surface area contributed by atoms with Crippen molar-refractivity contribution < 1.29 is 0 Å². The van der Waals surface area contributed by atoms with Crippen molar-refractivity contribution in [2.75, 3.05) is 5.32 Å². The maximum Gasteiger partial charge on any atom is 0.203 e. The molecule has 0 amide bonds. The molecule has 0 bridgehead atoms. The maximum absolute atomic E-state index is 4.74. The predicted molar refractivity (Wildman–Crippen MR) is 109 cm³/mol. The van der Waals surface area contributed by atoms with E-state index >= 15 is 0 Å². The molecular weight excluding hydrogens is 318 g/mol. The van der Waals surface area contributed by atoms with Gasteiger partial charge in [0, 0.05) is 13.6 Å². The number of aryl methyl sites for hydroxylation is 1. The summed E-state index contributed by atoms with van der Waals surface area (Å²) in [4.78, 5) is 4.74. The number of rotatable bonds is 3. The standard InChI is InChI=1S/C23H19N3/c1-26-22-13-7-6-12-21(22)25-23(26)24-15-20-18-10-4-2-8-16(18)14-17-9-3-5-11-19(17)20/h2-14H,15H2,1H3,(H,24,25). The normalized spacial score (nSPS) is 11.4. The van der Waals surface area contributed by atoms with Gasteiger partial charge in [0.2, 0.25) is 5.95 Å². The van der Waals surface area contributed by atoms with Gasteiger partial charge in [-0.15, -0.1) is 0 Å². The van der Waals surface area contributed by atoms with Crippen LogP contribution in [0.1, 0.15) is 5.56 Å². The fourth-order valence-electron chi connectivity index (χ4n) is 3.77. The molecule has 3 nitrogen and oxygen atoms in total. The number of aromatic nitrogens is 2. The molecule has 0 fully saturated rings. The van der Waals surface area contributed by atoms with Crippen LogP contribution in [-0.4, -0.2) is 9.55 Å². The summed E-state index contributed by atoms with van der Waals surface area (Å²) in [6.07, 6.45) is 0. The van der Waals surface area contributed by atoms with E-state index in [9.17, 15) is 0 Å². The first-order chi connectivity index (χ1) is 12.8. The lowest BCUT2D eigenvalue weighted by Gasteiger charge is -2.13. The zero-order valence-electron chi connectivity index (χ0n) is 14.6. The van der Waals surface area contributed by atoms with E-state index in [-0.39, 0.29) is 0 Å². The van der Waals surface area contributed by atoms with Crippen LogP contribution >= 0.6 is 0 Å². The zero-order chi connectivity index (χ0) is 17.5. The van der Waals surface area contributed by atoms with Gasteiger partial charge in [-0.2, -0.15) is 0 Å². The van der Waals surface area contributed by atoms with E-state index in [1.54, 1.807) is 0 Å². The van der Waals surface area contributed by atoms with Gasteiger partial charge in [0.1, 0.15) is 0 Å². The molecule has 0 aliphatic heterocycles. The van der Waals surface area contributed by atoms with Crippen LogP contribution in [0, 0.1) is 0 Å². The minimum atomic E-state index is 0.735. The molecule has 3 heteroatoms. The van der Waals surface area contributed by atoms with Crippen molar-refractivity contribution in [3.05, 3.63) is 84.4 Å². The first-order valence-corrected chi connectivity index (χ1v) is 8.86. The molecule has 0 saturated carbocycles. The van der Waals surface area contributed by atoms with E-state index in [0.29, 0.717) is 0 Å². The Morgan fingerprint density at radius 1 is 0.808 bits per heavy atom. The molecule has 126 valence electrons. The monoisotopic (exact) mass is 337 g/mol. The van der Waals surface area contributed by atoms with Crippen LogP contribution in [0.25, 0.3) is 32.6 Å². The number of hydrogen-bond acceptors (Lipinski definition) is 2. The highest BCUT2D eigenvalue weighted by Gasteiger charge is 2.10. The lowest BCUT2D eigenvalue weighted by atomic mass is 9.97. The van der Waals surface area contributed by atoms with Crippen molar-refractivity contribution in [2.45, 2.75) is 6.54 Å². The van der Waals surface area contributed by atoms with Crippen molar-refractivity contribution in [2.24, 2.45) is 7.05 Å². The van der Waals surface area contributed by atoms with Gasteiger partial charge >= 0.3 is 0 Å². The Morgan fingerprint density at radius 2 is 1.42 bits per heavy atom. The number of imidazole rings is 1. The van der Waals surface area contributed by atoms with Gasteiger partial charge in [0.25, 0.3) is 0 Å². The molecule has 0 saturated heterocycles. The average Bonchev–Trinajstić information content (AvgIpc) is 3.01. The fraction of sp³-hybridized carbons (Fsp3) is 0.0870. The highest BCUT2D eigenvalue weighted by molar-refractivity contribution is 6.02. The van der Waals surface area contributed by atoms with Gasteiger partial charge in [0.15, 0.2) is 0 Å². The maximum atomic E-state index is 4.74. The summed E-state index contributed by atoms with van der Waals surface area (Å²) in [6.45, 7) is 0.735. The number of nitrogens with one attached hydrogen (secondary N) is 1. The van der Waals surface area contributed by atoms with E-state index in [0.717, 1.165) is 23.5 Å². The van der Waals surface area contributed by atoms with Crippen LogP contribution in [0.5, 0.6) is 0 Å². The lowest BCUT2D eigenvalue weighted by molar-refractivity contribution is 0.930. The van der Waals surface area contributed by atoms with Gasteiger partial charge < -0.3 is 9.88 Å². The highest BCUT2D eigenvalue weighted by Crippen LogP contribution is 2.29. The number of nitrogens with zero attached hydrogens (tertiary/aromatic N) is 2. The van der Waals surface area contributed by atoms with Gasteiger partial charge in [-0.3, -0.25) is 0 Å². The largest absolute Gasteiger partial charge is 0.352 e. The van der Waals surface area contributed by atoms with Crippen molar-refractivity contribution in [1.29, 1.82) is 0 Å². The van der Waals surface area contributed by atoms with Crippen molar-refractivity contribution in [1.82, 2.24) is 9.55 Å². The summed E-state index contributed by atoms with van der Waals surface area (Å²) in [5.74, 6) is 0.892. The summed E-state index contributed by atoms with van der Waals surface area (Å²) in [7, 11) is 2.05. The smallest absolute Gasteiger partial charge is 0.203 e. The number of anilines is 1. The van der Waals surface area contributed by atoms with Gasteiger partial charge in [-0.05, 0) is 45.3 Å². The molecule has 0 atom stereocenters. The van der Waals surface area contributed by atoms with E-state index in [4.69, 9.17) is 4.98 Å². The van der Waals surface area contributed by atoms with Crippen molar-refractivity contribution in [3.8, 4) is 0 Å². The molecule has 5 rings (SSSR count). The van der Waals surface area contributed by atoms with Crippen LogP contribution in [0.15, 0.2) is 78.9 Å². The highest BCUT2D eigenvalue weighted by atomic mass is 15.2. The predicted octanol–water partition coefficient (Wildman–Crippen LogP) is 5.49. The Bertz CT molecular complexity index is 1200. The average molecular weight is 337 g/mol. The number of benzene rings is 4. The molecule has 5 aromatic rings. The zero-order valence-corrected chi connectivity index (χ0v) is 14.6. The molecule has 1 N–H and O–H groups in total. The van der Waals surface area contributed by atoms with Crippen LogP contribution < -0.4 is 5.32 Å². The molecule has 26 heavy (non-hydrogen) atoms. The van der Waals surface area contributed by atoms with Crippen LogP contribution in [0.2, 0.25) is 0 Å². The molecule has 4 aromatic carbocycles. The van der Waals surface area contributed by atoms with Crippen LogP contribution in [-0.2, 0) is 13.6 Å². The van der Waals surface area contributed by atoms with Crippen LogP contribution in [0.3, 0.4) is 0 Å². The quantitative estimate of drug-likeness (QED) is 0.441. The topological polar surface area (TPSA) is 29.9 Å². The third-order valence-electron chi connectivity index (χ3n) is 5.09. The Balaban J connectivity index is 1.62. The van der Waals surface area contributed by atoms with Crippen LogP contribution in [0.4, 0.5) is 5.95 Å². The summed E-state index contributed by atoms with van der Waals surface area (Å²) < 4.78 is 2.11. The van der Waals surface area contributed by atoms with E-state index in [2.05, 4.69) is 77.6 Å². The summed E-state index contributed by atoms with van der Waals surface area (Å²) in [5, 5.41) is 8.68. The molecule has 0 radical (unpaired) electrons. The minimum Gasteiger partial charge on any atom is -0.352 e. The fourth-order valence-corrected chi connectivity index (χ4v) is 3.77. The first-order valence-electron chi connectivity index (χ1n) is 8.86. The number of hydrogen-bond donors (Lipinski definition) is 1. The van der Waals surface area contributed by atoms with Crippen molar-refractivity contribution >= 4 is 38.5 Å². The van der Waals surface area contributed by atoms with Gasteiger partial charge in [0.05, 0.1) is 11.0 Å². The summed E-state index contributed by atoms with van der Waals surface area (Å²) >= 11 is 0. The molecular formula is C23H19N3. The Morgan fingerprint density at radius 3 is 2.12 bits per heavy atom. The summed E-state index contributed by atoms with van der Waals surface area (Å²) in [5.41, 5.74) is 3.46. The van der Waals surface area contributed by atoms with Gasteiger partial charge in [-0.25, -0.2) is 4.98 Å². The second-order valence-corrected chi connectivity index (χ2v) is 6.63. The second-order valence-electron chi connectivity index (χ2n) is 6.63. The molecule has 1 aromatic heterocycles. The Kier molecular flexibility index (Phi) is 3.39. The Hall–Kier alpha value is -3.33. The lowest BCUT2D eigenvalue weighted by Crippen LogP contribution is -2.06. The number of para-hydroxylation sites is 2. The molecule has 0 spiro atoms. The number of fused-ring (bicyclic) bond motifs is 3. The second kappa shape index (κ2) is 5.88. The third-order valence-corrected chi connectivity index (χ3v) is 5.09. The molecule has 0 unspecified atom stereocenters. The molecule has 1 heterocycles. The third kappa shape index (κ3) is 2.32. The minimum absolute atomic E-state index is 0.735. The van der Waals surface area contributed by atoms with Crippen molar-refractivity contribution in [3.63, 3.8) is 0 Å². The Labute approximate surface area is 151 Å². The van der Waals surface area contributed by atoms with E-state index in [1.165, 1.54) is 27.1 Å². The first kappa shape index (κ1) is 15.0. The van der Waals surface area contributed by atoms with Gasteiger partial charge in [-0.1, -0.05) is 60.7 Å². The molecule has 0 aliphatic rings.